The summed E-state index contributed by atoms with van der Waals surface area (Å²) in [6.45, 7) is 26.4. The fraction of sp³-hybridized carbons (Fsp3) is 0.333. The minimum atomic E-state index is -0.00686. The minimum Gasteiger partial charge on any atom is -0.486 e. The van der Waals surface area contributed by atoms with E-state index in [0.29, 0.717) is 13.2 Å². The number of nitrogens with zero attached hydrogens (tertiary/aromatic N) is 2. The van der Waals surface area contributed by atoms with Gasteiger partial charge in [0.25, 0.3) is 6.71 Å². The van der Waals surface area contributed by atoms with Crippen LogP contribution in [0.2, 0.25) is 0 Å². The molecule has 3 aliphatic rings. The first kappa shape index (κ1) is 35.1. The summed E-state index contributed by atoms with van der Waals surface area (Å²) >= 11 is 1.92. The number of rotatable bonds is 2. The molecule has 0 N–H and O–H groups in total. The van der Waals surface area contributed by atoms with Gasteiger partial charge < -0.3 is 19.3 Å². The lowest BCUT2D eigenvalue weighted by Gasteiger charge is -2.44. The smallest absolute Gasteiger partial charge is 0.254 e. The average molecular weight is 731 g/mol. The SMILES string of the molecule is Cc1cc2c(c(C)c1N1c3cccc4c3B(c3cc(C(C)(C)C)ccc3N4c3ccc(C(C)(C)C)cc3)c3c1sc1ccc(C(C)(C)C)cc31)OCCO2. The molecule has 4 heterocycles. The van der Waals surface area contributed by atoms with Gasteiger partial charge in [0.15, 0.2) is 11.5 Å². The summed E-state index contributed by atoms with van der Waals surface area (Å²) in [5, 5.41) is 2.63. The highest BCUT2D eigenvalue weighted by Gasteiger charge is 2.46. The van der Waals surface area contributed by atoms with E-state index in [1.807, 2.05) is 11.3 Å². The zero-order chi connectivity index (χ0) is 38.1. The Labute approximate surface area is 325 Å². The Morgan fingerprint density at radius 2 is 1.22 bits per heavy atom. The molecule has 0 bridgehead atoms. The summed E-state index contributed by atoms with van der Waals surface area (Å²) in [4.78, 5) is 5.08. The molecule has 0 fully saturated rings. The number of hydrogen-bond donors (Lipinski definition) is 0. The van der Waals surface area contributed by atoms with Crippen LogP contribution in [0.5, 0.6) is 11.5 Å². The van der Waals surface area contributed by atoms with Crippen LogP contribution < -0.4 is 35.7 Å². The number of anilines is 6. The number of thiophene rings is 1. The van der Waals surface area contributed by atoms with Crippen LogP contribution in [0.4, 0.5) is 33.4 Å². The molecule has 0 unspecified atom stereocenters. The van der Waals surface area contributed by atoms with Gasteiger partial charge in [0.05, 0.1) is 10.7 Å². The maximum Gasteiger partial charge on any atom is 0.254 e. The highest BCUT2D eigenvalue weighted by atomic mass is 32.1. The Hall–Kier alpha value is -4.68. The molecule has 274 valence electrons. The molecule has 0 aliphatic carbocycles. The van der Waals surface area contributed by atoms with Gasteiger partial charge in [-0.1, -0.05) is 105 Å². The molecule has 54 heavy (non-hydrogen) atoms. The van der Waals surface area contributed by atoms with E-state index in [4.69, 9.17) is 9.47 Å². The molecule has 3 aliphatic heterocycles. The average Bonchev–Trinajstić information content (AvgIpc) is 3.50. The van der Waals surface area contributed by atoms with Gasteiger partial charge in [-0.05, 0) is 117 Å². The molecule has 0 spiro atoms. The van der Waals surface area contributed by atoms with Crippen molar-refractivity contribution in [3.05, 3.63) is 113 Å². The summed E-state index contributed by atoms with van der Waals surface area (Å²) in [6, 6.07) is 32.8. The molecule has 0 radical (unpaired) electrons. The van der Waals surface area contributed by atoms with Crippen molar-refractivity contribution in [1.29, 1.82) is 0 Å². The lowest BCUT2D eigenvalue weighted by Crippen LogP contribution is -2.61. The van der Waals surface area contributed by atoms with Gasteiger partial charge in [0, 0.05) is 33.0 Å². The van der Waals surface area contributed by atoms with E-state index in [2.05, 4.69) is 171 Å². The minimum absolute atomic E-state index is 0.00686. The van der Waals surface area contributed by atoms with Crippen LogP contribution in [-0.2, 0) is 16.2 Å². The summed E-state index contributed by atoms with van der Waals surface area (Å²) in [5.41, 5.74) is 16.5. The Kier molecular flexibility index (Phi) is 7.73. The molecule has 9 rings (SSSR count). The van der Waals surface area contributed by atoms with Crippen molar-refractivity contribution in [3.8, 4) is 11.5 Å². The second-order valence-corrected chi connectivity index (χ2v) is 19.6. The molecule has 1 aromatic heterocycles. The van der Waals surface area contributed by atoms with E-state index >= 15 is 0 Å². The molecular formula is C48H51BN2O2S. The quantitative estimate of drug-likeness (QED) is 0.165. The van der Waals surface area contributed by atoms with Crippen molar-refractivity contribution in [2.24, 2.45) is 0 Å². The van der Waals surface area contributed by atoms with E-state index in [0.717, 1.165) is 17.1 Å². The van der Waals surface area contributed by atoms with Crippen molar-refractivity contribution in [1.82, 2.24) is 0 Å². The lowest BCUT2D eigenvalue weighted by atomic mass is 9.33. The molecule has 4 nitrogen and oxygen atoms in total. The van der Waals surface area contributed by atoms with Crippen LogP contribution in [0, 0.1) is 13.8 Å². The van der Waals surface area contributed by atoms with Crippen LogP contribution in [-0.4, -0.2) is 19.9 Å². The van der Waals surface area contributed by atoms with Crippen molar-refractivity contribution < 1.29 is 9.47 Å². The number of benzene rings is 5. The van der Waals surface area contributed by atoms with Crippen LogP contribution in [0.3, 0.4) is 0 Å². The van der Waals surface area contributed by atoms with Crippen molar-refractivity contribution >= 4 is 78.0 Å². The van der Waals surface area contributed by atoms with Crippen molar-refractivity contribution in [2.75, 3.05) is 23.0 Å². The molecule has 0 saturated heterocycles. The maximum absolute atomic E-state index is 6.35. The second kappa shape index (κ2) is 11.9. The standard InChI is InChI=1S/C48H51BN2O2S/c1-28-25-39-44(53-24-23-52-39)29(2)43(28)51-38-14-12-13-37-42(38)49(41-34-26-31(47(6,7)8)18-22-40(34)54-45(41)51)35-27-32(48(9,10)11)17-21-36(35)50(37)33-19-15-30(16-20-33)46(3,4)5/h12-22,25-27H,23-24H2,1-11H3. The normalized spacial score (nSPS) is 15.0. The van der Waals surface area contributed by atoms with Gasteiger partial charge in [0.2, 0.25) is 0 Å². The van der Waals surface area contributed by atoms with Gasteiger partial charge in [-0.25, -0.2) is 0 Å². The third-order valence-corrected chi connectivity index (χ3v) is 13.0. The van der Waals surface area contributed by atoms with Crippen molar-refractivity contribution in [2.45, 2.75) is 92.4 Å². The largest absolute Gasteiger partial charge is 0.486 e. The van der Waals surface area contributed by atoms with Crippen molar-refractivity contribution in [3.63, 3.8) is 0 Å². The third kappa shape index (κ3) is 5.31. The van der Waals surface area contributed by atoms with E-state index in [-0.39, 0.29) is 23.0 Å². The van der Waals surface area contributed by atoms with Crippen LogP contribution in [0.25, 0.3) is 10.1 Å². The molecule has 5 aromatic carbocycles. The Balaban J connectivity index is 1.40. The number of aryl methyl sites for hydroxylation is 1. The van der Waals surface area contributed by atoms with Crippen LogP contribution in [0.15, 0.2) is 84.9 Å². The lowest BCUT2D eigenvalue weighted by molar-refractivity contribution is 0.170. The Morgan fingerprint density at radius 3 is 1.91 bits per heavy atom. The van der Waals surface area contributed by atoms with E-state index < -0.39 is 0 Å². The summed E-state index contributed by atoms with van der Waals surface area (Å²) in [7, 11) is 0. The van der Waals surface area contributed by atoms with E-state index in [9.17, 15) is 0 Å². The summed E-state index contributed by atoms with van der Waals surface area (Å²) in [5.74, 6) is 1.69. The van der Waals surface area contributed by atoms with Crippen LogP contribution >= 0.6 is 11.3 Å². The number of hydrogen-bond acceptors (Lipinski definition) is 5. The fourth-order valence-corrected chi connectivity index (χ4v) is 10.1. The van der Waals surface area contributed by atoms with Gasteiger partial charge in [-0.2, -0.15) is 0 Å². The molecular weight excluding hydrogens is 679 g/mol. The fourth-order valence-electron chi connectivity index (χ4n) is 8.85. The third-order valence-electron chi connectivity index (χ3n) is 11.8. The molecule has 0 atom stereocenters. The molecule has 0 saturated carbocycles. The topological polar surface area (TPSA) is 24.9 Å². The predicted molar refractivity (Wildman–Crippen MR) is 232 cm³/mol. The first-order chi connectivity index (χ1) is 25.5. The second-order valence-electron chi connectivity index (χ2n) is 18.6. The highest BCUT2D eigenvalue weighted by Crippen LogP contribution is 2.52. The Bertz CT molecular complexity index is 2490. The van der Waals surface area contributed by atoms with Crippen LogP contribution in [0.1, 0.15) is 90.1 Å². The van der Waals surface area contributed by atoms with E-state index in [1.54, 1.807) is 0 Å². The molecule has 6 heteroatoms. The van der Waals surface area contributed by atoms with Gasteiger partial charge in [-0.15, -0.1) is 11.3 Å². The zero-order valence-electron chi connectivity index (χ0n) is 33.7. The summed E-state index contributed by atoms with van der Waals surface area (Å²) < 4.78 is 13.8. The number of ether oxygens (including phenoxy) is 2. The Morgan fingerprint density at radius 1 is 0.611 bits per heavy atom. The van der Waals surface area contributed by atoms with Gasteiger partial charge in [-0.3, -0.25) is 0 Å². The first-order valence-corrected chi connectivity index (χ1v) is 20.3. The zero-order valence-corrected chi connectivity index (χ0v) is 34.5. The van der Waals surface area contributed by atoms with Gasteiger partial charge >= 0.3 is 0 Å². The first-order valence-electron chi connectivity index (χ1n) is 19.5. The molecule has 0 amide bonds. The monoisotopic (exact) mass is 730 g/mol. The highest BCUT2D eigenvalue weighted by molar-refractivity contribution is 7.26. The van der Waals surface area contributed by atoms with E-state index in [1.165, 1.54) is 82.2 Å². The predicted octanol–water partition coefficient (Wildman–Crippen LogP) is 11.3. The number of fused-ring (bicyclic) bond motifs is 7. The maximum atomic E-state index is 6.35. The summed E-state index contributed by atoms with van der Waals surface area (Å²) in [6.07, 6.45) is 0. The molecule has 6 aromatic rings. The van der Waals surface area contributed by atoms with Gasteiger partial charge in [0.1, 0.15) is 13.2 Å².